The second kappa shape index (κ2) is 9.04. The third kappa shape index (κ3) is 4.38. The maximum Gasteiger partial charge on any atom is 0.341 e. The standard InChI is InChI=1S/C22H22N4O4/c1-4-30-22(29)19-13-23-26(15(19)3)17-11-9-16(10-12-17)20(27)24-25-21(28)18-8-6-5-7-14(18)2/h5-13H,4H2,1-3H3,(H,24,27)(H,25,28). The molecule has 2 N–H and O–H groups in total. The second-order valence-electron chi connectivity index (χ2n) is 6.55. The molecule has 0 saturated carbocycles. The summed E-state index contributed by atoms with van der Waals surface area (Å²) in [5.74, 6) is -1.27. The number of hydrogen-bond acceptors (Lipinski definition) is 5. The zero-order valence-electron chi connectivity index (χ0n) is 16.9. The van der Waals surface area contributed by atoms with Crippen molar-refractivity contribution in [2.75, 3.05) is 6.61 Å². The predicted octanol–water partition coefficient (Wildman–Crippen LogP) is 2.74. The number of amides is 2. The molecule has 0 unspecified atom stereocenters. The van der Waals surface area contributed by atoms with Crippen LogP contribution in [-0.2, 0) is 4.74 Å². The van der Waals surface area contributed by atoms with Crippen molar-refractivity contribution in [1.82, 2.24) is 20.6 Å². The van der Waals surface area contributed by atoms with Crippen molar-refractivity contribution < 1.29 is 19.1 Å². The number of carbonyl (C=O) groups is 3. The molecule has 0 atom stereocenters. The van der Waals surface area contributed by atoms with Gasteiger partial charge in [0.15, 0.2) is 0 Å². The summed E-state index contributed by atoms with van der Waals surface area (Å²) in [4.78, 5) is 36.5. The number of hydrazine groups is 1. The number of hydrogen-bond donors (Lipinski definition) is 2. The number of nitrogens with zero attached hydrogens (tertiary/aromatic N) is 2. The Morgan fingerprint density at radius 3 is 2.27 bits per heavy atom. The minimum absolute atomic E-state index is 0.285. The fourth-order valence-electron chi connectivity index (χ4n) is 2.91. The normalized spacial score (nSPS) is 10.4. The fraction of sp³-hybridized carbons (Fsp3) is 0.182. The Hall–Kier alpha value is -3.94. The highest BCUT2D eigenvalue weighted by Crippen LogP contribution is 2.16. The van der Waals surface area contributed by atoms with E-state index in [1.165, 1.54) is 6.20 Å². The quantitative estimate of drug-likeness (QED) is 0.501. The third-order valence-corrected chi connectivity index (χ3v) is 4.56. The lowest BCUT2D eigenvalue weighted by molar-refractivity contribution is 0.0525. The van der Waals surface area contributed by atoms with Gasteiger partial charge in [0.25, 0.3) is 11.8 Å². The number of carbonyl (C=O) groups excluding carboxylic acids is 3. The first-order valence-corrected chi connectivity index (χ1v) is 9.41. The van der Waals surface area contributed by atoms with E-state index in [1.54, 1.807) is 54.9 Å². The average molecular weight is 406 g/mol. The Kier molecular flexibility index (Phi) is 6.26. The van der Waals surface area contributed by atoms with Crippen molar-refractivity contribution in [1.29, 1.82) is 0 Å². The van der Waals surface area contributed by atoms with Crippen LogP contribution in [0.3, 0.4) is 0 Å². The summed E-state index contributed by atoms with van der Waals surface area (Å²) >= 11 is 0. The summed E-state index contributed by atoms with van der Waals surface area (Å²) in [5, 5.41) is 4.22. The first kappa shape index (κ1) is 20.8. The Morgan fingerprint density at radius 2 is 1.60 bits per heavy atom. The Bertz CT molecular complexity index is 1090. The molecular formula is C22H22N4O4. The lowest BCUT2D eigenvalue weighted by Gasteiger charge is -2.10. The van der Waals surface area contributed by atoms with Crippen LogP contribution in [0.1, 0.15) is 49.3 Å². The van der Waals surface area contributed by atoms with Gasteiger partial charge in [-0.05, 0) is 56.7 Å². The molecule has 1 aromatic heterocycles. The van der Waals surface area contributed by atoms with Crippen LogP contribution in [-0.4, -0.2) is 34.2 Å². The summed E-state index contributed by atoms with van der Waals surface area (Å²) in [6, 6.07) is 13.7. The number of ether oxygens (including phenoxy) is 1. The number of benzene rings is 2. The van der Waals surface area contributed by atoms with Crippen molar-refractivity contribution in [3.05, 3.63) is 82.7 Å². The molecule has 2 amide bonds. The predicted molar refractivity (Wildman–Crippen MR) is 110 cm³/mol. The number of nitrogens with one attached hydrogen (secondary N) is 2. The van der Waals surface area contributed by atoms with Gasteiger partial charge >= 0.3 is 5.97 Å². The van der Waals surface area contributed by atoms with Crippen LogP contribution in [0.15, 0.2) is 54.7 Å². The SMILES string of the molecule is CCOC(=O)c1cnn(-c2ccc(C(=O)NNC(=O)c3ccccc3C)cc2)c1C. The number of esters is 1. The molecular weight excluding hydrogens is 384 g/mol. The Labute approximate surface area is 173 Å². The minimum Gasteiger partial charge on any atom is -0.462 e. The van der Waals surface area contributed by atoms with E-state index in [0.29, 0.717) is 28.1 Å². The van der Waals surface area contributed by atoms with E-state index in [-0.39, 0.29) is 6.61 Å². The molecule has 30 heavy (non-hydrogen) atoms. The smallest absolute Gasteiger partial charge is 0.341 e. The molecule has 3 aromatic rings. The second-order valence-corrected chi connectivity index (χ2v) is 6.55. The zero-order chi connectivity index (χ0) is 21.7. The Morgan fingerprint density at radius 1 is 0.933 bits per heavy atom. The van der Waals surface area contributed by atoms with Crippen LogP contribution in [0.2, 0.25) is 0 Å². The zero-order valence-corrected chi connectivity index (χ0v) is 16.9. The van der Waals surface area contributed by atoms with E-state index < -0.39 is 17.8 Å². The van der Waals surface area contributed by atoms with Gasteiger partial charge in [-0.15, -0.1) is 0 Å². The van der Waals surface area contributed by atoms with Crippen molar-refractivity contribution in [2.45, 2.75) is 20.8 Å². The van der Waals surface area contributed by atoms with Crippen LogP contribution in [0.25, 0.3) is 5.69 Å². The summed E-state index contributed by atoms with van der Waals surface area (Å²) < 4.78 is 6.61. The maximum atomic E-state index is 12.3. The van der Waals surface area contributed by atoms with E-state index in [1.807, 2.05) is 19.1 Å². The molecule has 0 aliphatic heterocycles. The summed E-state index contributed by atoms with van der Waals surface area (Å²) in [6.07, 6.45) is 1.45. The fourth-order valence-corrected chi connectivity index (χ4v) is 2.91. The average Bonchev–Trinajstić information content (AvgIpc) is 3.14. The first-order chi connectivity index (χ1) is 14.4. The molecule has 8 nitrogen and oxygen atoms in total. The molecule has 8 heteroatoms. The first-order valence-electron chi connectivity index (χ1n) is 9.41. The van der Waals surface area contributed by atoms with E-state index >= 15 is 0 Å². The highest BCUT2D eigenvalue weighted by Gasteiger charge is 2.16. The topological polar surface area (TPSA) is 102 Å². The van der Waals surface area contributed by atoms with Gasteiger partial charge in [-0.3, -0.25) is 20.4 Å². The van der Waals surface area contributed by atoms with Gasteiger partial charge in [-0.1, -0.05) is 18.2 Å². The maximum absolute atomic E-state index is 12.3. The molecule has 0 aliphatic rings. The molecule has 0 bridgehead atoms. The van der Waals surface area contributed by atoms with Gasteiger partial charge in [0, 0.05) is 11.1 Å². The van der Waals surface area contributed by atoms with E-state index in [0.717, 1.165) is 5.56 Å². The largest absolute Gasteiger partial charge is 0.462 e. The van der Waals surface area contributed by atoms with Gasteiger partial charge in [0.05, 0.1) is 24.2 Å². The van der Waals surface area contributed by atoms with Gasteiger partial charge in [0.1, 0.15) is 5.56 Å². The van der Waals surface area contributed by atoms with Crippen LogP contribution < -0.4 is 10.9 Å². The number of rotatable bonds is 5. The molecule has 2 aromatic carbocycles. The minimum atomic E-state index is -0.451. The highest BCUT2D eigenvalue weighted by atomic mass is 16.5. The van der Waals surface area contributed by atoms with Crippen molar-refractivity contribution in [3.8, 4) is 5.69 Å². The summed E-state index contributed by atoms with van der Waals surface area (Å²) in [5.41, 5.74) is 8.18. The van der Waals surface area contributed by atoms with Crippen molar-refractivity contribution >= 4 is 17.8 Å². The molecule has 0 aliphatic carbocycles. The number of aryl methyl sites for hydroxylation is 1. The van der Waals surface area contributed by atoms with Crippen LogP contribution in [0.5, 0.6) is 0 Å². The molecule has 1 heterocycles. The van der Waals surface area contributed by atoms with Crippen LogP contribution in [0, 0.1) is 13.8 Å². The summed E-state index contributed by atoms with van der Waals surface area (Å²) in [6.45, 7) is 5.61. The van der Waals surface area contributed by atoms with Gasteiger partial charge in [-0.2, -0.15) is 5.10 Å². The van der Waals surface area contributed by atoms with Gasteiger partial charge in [-0.25, -0.2) is 9.48 Å². The van der Waals surface area contributed by atoms with Gasteiger partial charge < -0.3 is 4.74 Å². The van der Waals surface area contributed by atoms with Crippen LogP contribution in [0.4, 0.5) is 0 Å². The van der Waals surface area contributed by atoms with E-state index in [2.05, 4.69) is 16.0 Å². The summed E-state index contributed by atoms with van der Waals surface area (Å²) in [7, 11) is 0. The lowest BCUT2D eigenvalue weighted by Crippen LogP contribution is -2.41. The monoisotopic (exact) mass is 406 g/mol. The van der Waals surface area contributed by atoms with Crippen LogP contribution >= 0.6 is 0 Å². The van der Waals surface area contributed by atoms with Crippen molar-refractivity contribution in [3.63, 3.8) is 0 Å². The molecule has 3 rings (SSSR count). The Balaban J connectivity index is 1.67. The third-order valence-electron chi connectivity index (χ3n) is 4.56. The molecule has 0 fully saturated rings. The van der Waals surface area contributed by atoms with Crippen molar-refractivity contribution in [2.24, 2.45) is 0 Å². The number of aromatic nitrogens is 2. The molecule has 0 spiro atoms. The van der Waals surface area contributed by atoms with E-state index in [9.17, 15) is 14.4 Å². The van der Waals surface area contributed by atoms with E-state index in [4.69, 9.17) is 4.74 Å². The van der Waals surface area contributed by atoms with Gasteiger partial charge in [0.2, 0.25) is 0 Å². The lowest BCUT2D eigenvalue weighted by atomic mass is 10.1. The highest BCUT2D eigenvalue weighted by molar-refractivity contribution is 5.99. The molecule has 0 radical (unpaired) electrons. The molecule has 0 saturated heterocycles. The molecule has 154 valence electrons.